The third-order valence-electron chi connectivity index (χ3n) is 2.60. The van der Waals surface area contributed by atoms with E-state index in [9.17, 15) is 5.11 Å². The minimum Gasteiger partial charge on any atom is -0.506 e. The van der Waals surface area contributed by atoms with E-state index >= 15 is 0 Å². The Hall–Kier alpha value is -2.05. The predicted octanol–water partition coefficient (Wildman–Crippen LogP) is 3.78. The van der Waals surface area contributed by atoms with Crippen LogP contribution in [0.4, 0.5) is 0 Å². The Morgan fingerprint density at radius 2 is 2.14 bits per heavy atom. The average Bonchev–Trinajstić information content (AvgIpc) is 2.94. The highest BCUT2D eigenvalue weighted by atomic mass is 35.5. The quantitative estimate of drug-likeness (QED) is 0.738. The molecule has 0 atom stereocenters. The number of thioether (sulfide) groups is 1. The molecule has 3 rings (SSSR count). The number of nitrogens with zero attached hydrogens (tertiary/aromatic N) is 3. The lowest BCUT2D eigenvalue weighted by atomic mass is 10.3. The topological polar surface area (TPSA) is 72.0 Å². The monoisotopic (exact) mass is 319 g/mol. The van der Waals surface area contributed by atoms with Crippen molar-refractivity contribution in [3.05, 3.63) is 53.6 Å². The van der Waals surface area contributed by atoms with Crippen molar-refractivity contribution in [2.45, 2.75) is 10.6 Å². The number of hydrogen-bond donors (Lipinski definition) is 1. The number of benzene rings is 1. The normalized spacial score (nSPS) is 10.7. The van der Waals surface area contributed by atoms with Gasteiger partial charge in [-0.3, -0.25) is 4.98 Å². The molecule has 0 saturated heterocycles. The van der Waals surface area contributed by atoms with E-state index in [4.69, 9.17) is 16.1 Å². The molecule has 106 valence electrons. The molecule has 0 saturated carbocycles. The van der Waals surface area contributed by atoms with Crippen LogP contribution in [0.2, 0.25) is 5.02 Å². The summed E-state index contributed by atoms with van der Waals surface area (Å²) in [6.07, 6.45) is 2.90. The summed E-state index contributed by atoms with van der Waals surface area (Å²) in [5, 5.41) is 14.0. The molecule has 0 aliphatic heterocycles. The van der Waals surface area contributed by atoms with Crippen molar-refractivity contribution in [2.24, 2.45) is 0 Å². The van der Waals surface area contributed by atoms with Gasteiger partial charge in [-0.1, -0.05) is 22.8 Å². The van der Waals surface area contributed by atoms with Gasteiger partial charge in [0.2, 0.25) is 0 Å². The fourth-order valence-electron chi connectivity index (χ4n) is 1.68. The Morgan fingerprint density at radius 3 is 2.95 bits per heavy atom. The van der Waals surface area contributed by atoms with Crippen molar-refractivity contribution in [2.75, 3.05) is 0 Å². The van der Waals surface area contributed by atoms with Crippen molar-refractivity contribution < 1.29 is 9.63 Å². The van der Waals surface area contributed by atoms with Gasteiger partial charge in [-0.25, -0.2) is 0 Å². The zero-order valence-electron chi connectivity index (χ0n) is 10.7. The van der Waals surface area contributed by atoms with E-state index in [-0.39, 0.29) is 5.75 Å². The van der Waals surface area contributed by atoms with E-state index < -0.39 is 0 Å². The molecule has 1 N–H and O–H groups in total. The summed E-state index contributed by atoms with van der Waals surface area (Å²) in [5.74, 6) is 1.52. The van der Waals surface area contributed by atoms with E-state index in [1.807, 2.05) is 24.3 Å². The van der Waals surface area contributed by atoms with Crippen LogP contribution >= 0.6 is 23.4 Å². The van der Waals surface area contributed by atoms with Gasteiger partial charge in [0.1, 0.15) is 5.75 Å². The second-order valence-corrected chi connectivity index (χ2v) is 5.68. The Kier molecular flexibility index (Phi) is 4.08. The van der Waals surface area contributed by atoms with Crippen LogP contribution in [0.25, 0.3) is 11.5 Å². The predicted molar refractivity (Wildman–Crippen MR) is 80.2 cm³/mol. The highest BCUT2D eigenvalue weighted by Gasteiger charge is 2.10. The van der Waals surface area contributed by atoms with Crippen LogP contribution in [0, 0.1) is 0 Å². The van der Waals surface area contributed by atoms with Crippen molar-refractivity contribution in [3.8, 4) is 17.2 Å². The number of hydrogen-bond acceptors (Lipinski definition) is 6. The molecule has 0 amide bonds. The average molecular weight is 320 g/mol. The van der Waals surface area contributed by atoms with Gasteiger partial charge in [0.15, 0.2) is 5.82 Å². The lowest BCUT2D eigenvalue weighted by Crippen LogP contribution is -1.85. The van der Waals surface area contributed by atoms with Crippen LogP contribution in [0.15, 0.2) is 52.1 Å². The maximum Gasteiger partial charge on any atom is 0.259 e. The second kappa shape index (κ2) is 6.15. The minimum atomic E-state index is 0.0561. The molecule has 0 unspecified atom stereocenters. The van der Waals surface area contributed by atoms with Gasteiger partial charge in [-0.05, 0) is 24.3 Å². The van der Waals surface area contributed by atoms with Crippen LogP contribution < -0.4 is 0 Å². The van der Waals surface area contributed by atoms with Gasteiger partial charge >= 0.3 is 0 Å². The minimum absolute atomic E-state index is 0.0561. The molecule has 5 nitrogen and oxygen atoms in total. The van der Waals surface area contributed by atoms with Gasteiger partial charge in [0.05, 0.1) is 17.5 Å². The summed E-state index contributed by atoms with van der Waals surface area (Å²) in [7, 11) is 0. The summed E-state index contributed by atoms with van der Waals surface area (Å²) >= 11 is 7.50. The largest absolute Gasteiger partial charge is 0.506 e. The molecule has 0 radical (unpaired) electrons. The molecule has 2 aromatic heterocycles. The molecule has 0 aliphatic rings. The number of halogens is 1. The maximum atomic E-state index is 9.39. The molecule has 7 heteroatoms. The van der Waals surface area contributed by atoms with E-state index in [0.29, 0.717) is 28.1 Å². The van der Waals surface area contributed by atoms with Crippen LogP contribution in [-0.2, 0) is 5.75 Å². The summed E-state index contributed by atoms with van der Waals surface area (Å²) < 4.78 is 5.17. The third kappa shape index (κ3) is 3.53. The lowest BCUT2D eigenvalue weighted by molar-refractivity contribution is 0.424. The number of aromatic nitrogens is 3. The Morgan fingerprint density at radius 1 is 1.24 bits per heavy atom. The number of aromatic hydroxyl groups is 1. The first kappa shape index (κ1) is 13.9. The molecule has 0 fully saturated rings. The van der Waals surface area contributed by atoms with Crippen molar-refractivity contribution in [1.29, 1.82) is 0 Å². The Balaban J connectivity index is 1.71. The van der Waals surface area contributed by atoms with Crippen molar-refractivity contribution in [1.82, 2.24) is 15.1 Å². The van der Waals surface area contributed by atoms with Gasteiger partial charge in [0.25, 0.3) is 5.89 Å². The molecule has 3 aromatic rings. The third-order valence-corrected chi connectivity index (χ3v) is 3.83. The molecular weight excluding hydrogens is 310 g/mol. The van der Waals surface area contributed by atoms with Crippen LogP contribution in [0.5, 0.6) is 5.75 Å². The van der Waals surface area contributed by atoms with E-state index in [1.54, 1.807) is 18.0 Å². The standard InChI is InChI=1S/C14H10ClN3O2S/c15-10-2-1-3-12(5-10)21-8-13-17-14(20-18-13)9-4-11(19)7-16-6-9/h1-7,19H,8H2. The second-order valence-electron chi connectivity index (χ2n) is 4.19. The number of pyridine rings is 1. The van der Waals surface area contributed by atoms with Crippen LogP contribution in [0.1, 0.15) is 5.82 Å². The highest BCUT2D eigenvalue weighted by molar-refractivity contribution is 7.98. The van der Waals surface area contributed by atoms with Gasteiger partial charge in [0, 0.05) is 16.1 Å². The summed E-state index contributed by atoms with van der Waals surface area (Å²) in [4.78, 5) is 9.19. The summed E-state index contributed by atoms with van der Waals surface area (Å²) in [6, 6.07) is 9.09. The fraction of sp³-hybridized carbons (Fsp3) is 0.0714. The zero-order chi connectivity index (χ0) is 14.7. The molecule has 21 heavy (non-hydrogen) atoms. The smallest absolute Gasteiger partial charge is 0.259 e. The molecule has 0 bridgehead atoms. The SMILES string of the molecule is Oc1cncc(-c2nc(CSc3cccc(Cl)c3)no2)c1. The first-order valence-corrected chi connectivity index (χ1v) is 7.42. The van der Waals surface area contributed by atoms with E-state index in [0.717, 1.165) is 4.90 Å². The molecule has 0 spiro atoms. The summed E-state index contributed by atoms with van der Waals surface area (Å²) in [5.41, 5.74) is 0.585. The lowest BCUT2D eigenvalue weighted by Gasteiger charge is -1.98. The van der Waals surface area contributed by atoms with Gasteiger partial charge in [-0.15, -0.1) is 11.8 Å². The molecule has 2 heterocycles. The molecule has 0 aliphatic carbocycles. The molecular formula is C14H10ClN3O2S. The van der Waals surface area contributed by atoms with Crippen LogP contribution in [-0.4, -0.2) is 20.2 Å². The Bertz CT molecular complexity index is 763. The zero-order valence-corrected chi connectivity index (χ0v) is 12.3. The van der Waals surface area contributed by atoms with Crippen LogP contribution in [0.3, 0.4) is 0 Å². The highest BCUT2D eigenvalue weighted by Crippen LogP contribution is 2.26. The number of rotatable bonds is 4. The Labute approximate surface area is 130 Å². The first-order valence-electron chi connectivity index (χ1n) is 6.06. The van der Waals surface area contributed by atoms with Gasteiger partial charge < -0.3 is 9.63 Å². The van der Waals surface area contributed by atoms with E-state index in [2.05, 4.69) is 15.1 Å². The van der Waals surface area contributed by atoms with Crippen molar-refractivity contribution in [3.63, 3.8) is 0 Å². The first-order chi connectivity index (χ1) is 10.2. The van der Waals surface area contributed by atoms with E-state index in [1.165, 1.54) is 12.3 Å². The van der Waals surface area contributed by atoms with Crippen molar-refractivity contribution >= 4 is 23.4 Å². The summed E-state index contributed by atoms with van der Waals surface area (Å²) in [6.45, 7) is 0. The fourth-order valence-corrected chi connectivity index (χ4v) is 2.73. The maximum absolute atomic E-state index is 9.39. The van der Waals surface area contributed by atoms with Gasteiger partial charge in [-0.2, -0.15) is 4.98 Å². The molecule has 1 aromatic carbocycles.